The predicted octanol–water partition coefficient (Wildman–Crippen LogP) is 3.68. The number of aromatic amines is 1. The van der Waals surface area contributed by atoms with Crippen molar-refractivity contribution in [3.8, 4) is 11.1 Å². The van der Waals surface area contributed by atoms with Crippen LogP contribution in [0.15, 0.2) is 36.9 Å². The highest BCUT2D eigenvalue weighted by Crippen LogP contribution is 2.35. The number of aromatic nitrogens is 5. The first-order valence-corrected chi connectivity index (χ1v) is 7.76. The molecule has 1 aliphatic carbocycles. The SMILES string of the molecule is Fc1cnc2ccc(-c3c[nH]c4nc(C5CCC5)ncc34)cn12. The van der Waals surface area contributed by atoms with Crippen LogP contribution in [0.5, 0.6) is 0 Å². The van der Waals surface area contributed by atoms with Gasteiger partial charge in [-0.15, -0.1) is 0 Å². The first kappa shape index (κ1) is 12.8. The summed E-state index contributed by atoms with van der Waals surface area (Å²) in [5.41, 5.74) is 3.30. The Bertz CT molecular complexity index is 1030. The zero-order chi connectivity index (χ0) is 15.4. The minimum atomic E-state index is -0.370. The fourth-order valence-corrected chi connectivity index (χ4v) is 3.13. The second kappa shape index (κ2) is 4.62. The Morgan fingerprint density at radius 2 is 2.09 bits per heavy atom. The highest BCUT2D eigenvalue weighted by atomic mass is 19.1. The molecule has 0 spiro atoms. The van der Waals surface area contributed by atoms with E-state index in [1.165, 1.54) is 29.9 Å². The van der Waals surface area contributed by atoms with Crippen molar-refractivity contribution < 1.29 is 4.39 Å². The molecule has 4 aromatic heterocycles. The summed E-state index contributed by atoms with van der Waals surface area (Å²) in [5.74, 6) is 1.06. The van der Waals surface area contributed by atoms with E-state index >= 15 is 0 Å². The second-order valence-electron chi connectivity index (χ2n) is 6.05. The van der Waals surface area contributed by atoms with Crippen molar-refractivity contribution in [2.75, 3.05) is 0 Å². The topological polar surface area (TPSA) is 58.9 Å². The molecule has 1 N–H and O–H groups in total. The van der Waals surface area contributed by atoms with Crippen molar-refractivity contribution in [3.63, 3.8) is 0 Å². The zero-order valence-corrected chi connectivity index (χ0v) is 12.3. The van der Waals surface area contributed by atoms with Gasteiger partial charge in [-0.1, -0.05) is 6.42 Å². The maximum atomic E-state index is 13.7. The molecular weight excluding hydrogens is 293 g/mol. The number of H-pyrrole nitrogens is 1. The van der Waals surface area contributed by atoms with Crippen LogP contribution in [0.3, 0.4) is 0 Å². The molecule has 5 rings (SSSR count). The van der Waals surface area contributed by atoms with Gasteiger partial charge in [-0.05, 0) is 25.0 Å². The van der Waals surface area contributed by atoms with Crippen molar-refractivity contribution >= 4 is 16.7 Å². The maximum absolute atomic E-state index is 13.7. The van der Waals surface area contributed by atoms with E-state index < -0.39 is 0 Å². The van der Waals surface area contributed by atoms with Crippen molar-refractivity contribution in [2.45, 2.75) is 25.2 Å². The Morgan fingerprint density at radius 3 is 2.91 bits per heavy atom. The third-order valence-corrected chi connectivity index (χ3v) is 4.69. The number of nitrogens with zero attached hydrogens (tertiary/aromatic N) is 4. The number of imidazole rings is 1. The summed E-state index contributed by atoms with van der Waals surface area (Å²) in [5, 5.41) is 0.952. The quantitative estimate of drug-likeness (QED) is 0.614. The summed E-state index contributed by atoms with van der Waals surface area (Å²) in [7, 11) is 0. The van der Waals surface area contributed by atoms with Crippen molar-refractivity contribution in [1.29, 1.82) is 0 Å². The van der Waals surface area contributed by atoms with E-state index in [2.05, 4.69) is 19.9 Å². The molecule has 1 saturated carbocycles. The summed E-state index contributed by atoms with van der Waals surface area (Å²) in [6.07, 6.45) is 10.4. The van der Waals surface area contributed by atoms with Gasteiger partial charge in [-0.25, -0.2) is 15.0 Å². The lowest BCUT2D eigenvalue weighted by atomic mass is 9.85. The van der Waals surface area contributed by atoms with Crippen LogP contribution >= 0.6 is 0 Å². The van der Waals surface area contributed by atoms with Crippen molar-refractivity contribution in [2.24, 2.45) is 0 Å². The standard InChI is InChI=1S/C17H14FN5/c18-14-8-19-15-5-4-11(9-23(14)15)12-6-21-17-13(12)7-20-16(22-17)10-2-1-3-10/h4-10H,1-3H2,(H,20,21,22). The van der Waals surface area contributed by atoms with E-state index in [-0.39, 0.29) is 5.95 Å². The molecule has 0 atom stereocenters. The summed E-state index contributed by atoms with van der Waals surface area (Å²) in [6, 6.07) is 3.74. The first-order chi connectivity index (χ1) is 11.3. The normalized spacial score (nSPS) is 15.3. The molecule has 4 aromatic rings. The van der Waals surface area contributed by atoms with Gasteiger partial charge in [-0.3, -0.25) is 4.40 Å². The zero-order valence-electron chi connectivity index (χ0n) is 12.3. The fourth-order valence-electron chi connectivity index (χ4n) is 3.13. The van der Waals surface area contributed by atoms with Crippen LogP contribution in [0.1, 0.15) is 31.0 Å². The summed E-state index contributed by atoms with van der Waals surface area (Å²) < 4.78 is 15.2. The van der Waals surface area contributed by atoms with Crippen LogP contribution in [0.4, 0.5) is 4.39 Å². The fraction of sp³-hybridized carbons (Fsp3) is 0.235. The van der Waals surface area contributed by atoms with Gasteiger partial charge in [-0.2, -0.15) is 4.39 Å². The van der Waals surface area contributed by atoms with Crippen LogP contribution in [-0.2, 0) is 0 Å². The van der Waals surface area contributed by atoms with Crippen LogP contribution in [0.2, 0.25) is 0 Å². The van der Waals surface area contributed by atoms with E-state index in [0.29, 0.717) is 11.6 Å². The van der Waals surface area contributed by atoms with E-state index in [1.54, 1.807) is 12.3 Å². The lowest BCUT2D eigenvalue weighted by molar-refractivity contribution is 0.402. The van der Waals surface area contributed by atoms with E-state index in [9.17, 15) is 4.39 Å². The largest absolute Gasteiger partial charge is 0.345 e. The molecule has 114 valence electrons. The third kappa shape index (κ3) is 1.87. The van der Waals surface area contributed by atoms with Gasteiger partial charge in [0.05, 0.1) is 6.20 Å². The lowest BCUT2D eigenvalue weighted by Gasteiger charge is -2.23. The molecule has 0 aliphatic heterocycles. The summed E-state index contributed by atoms with van der Waals surface area (Å²) in [6.45, 7) is 0. The Hall–Kier alpha value is -2.76. The molecule has 0 bridgehead atoms. The van der Waals surface area contributed by atoms with E-state index in [4.69, 9.17) is 0 Å². The maximum Gasteiger partial charge on any atom is 0.217 e. The number of rotatable bonds is 2. The molecule has 4 heterocycles. The van der Waals surface area contributed by atoms with E-state index in [1.807, 2.05) is 18.5 Å². The smallest absolute Gasteiger partial charge is 0.217 e. The van der Waals surface area contributed by atoms with Gasteiger partial charge in [0.25, 0.3) is 0 Å². The Labute approximate surface area is 131 Å². The Balaban J connectivity index is 1.64. The minimum absolute atomic E-state index is 0.370. The number of hydrogen-bond acceptors (Lipinski definition) is 3. The Kier molecular flexibility index (Phi) is 2.56. The second-order valence-corrected chi connectivity index (χ2v) is 6.05. The highest BCUT2D eigenvalue weighted by Gasteiger charge is 2.23. The number of pyridine rings is 1. The third-order valence-electron chi connectivity index (χ3n) is 4.69. The molecule has 1 fully saturated rings. The molecule has 1 aliphatic rings. The molecule has 0 radical (unpaired) electrons. The summed E-state index contributed by atoms with van der Waals surface area (Å²) in [4.78, 5) is 16.4. The Morgan fingerprint density at radius 1 is 1.17 bits per heavy atom. The van der Waals surface area contributed by atoms with Crippen LogP contribution < -0.4 is 0 Å². The van der Waals surface area contributed by atoms with Gasteiger partial charge in [0.2, 0.25) is 5.95 Å². The van der Waals surface area contributed by atoms with E-state index in [0.717, 1.165) is 28.0 Å². The van der Waals surface area contributed by atoms with Gasteiger partial charge in [0, 0.05) is 41.0 Å². The molecule has 0 aromatic carbocycles. The number of fused-ring (bicyclic) bond motifs is 2. The molecule has 0 amide bonds. The van der Waals surface area contributed by atoms with Gasteiger partial charge in [0.15, 0.2) is 0 Å². The van der Waals surface area contributed by atoms with Crippen LogP contribution in [0, 0.1) is 5.95 Å². The average molecular weight is 307 g/mol. The van der Waals surface area contributed by atoms with Crippen molar-refractivity contribution in [1.82, 2.24) is 24.3 Å². The molecule has 0 saturated heterocycles. The van der Waals surface area contributed by atoms with Gasteiger partial charge >= 0.3 is 0 Å². The molecule has 6 heteroatoms. The highest BCUT2D eigenvalue weighted by molar-refractivity contribution is 5.93. The lowest BCUT2D eigenvalue weighted by Crippen LogP contribution is -2.12. The molecule has 23 heavy (non-hydrogen) atoms. The molecular formula is C17H14FN5. The van der Waals surface area contributed by atoms with Gasteiger partial charge < -0.3 is 4.98 Å². The number of hydrogen-bond donors (Lipinski definition) is 1. The number of nitrogens with one attached hydrogen (secondary N) is 1. The molecule has 0 unspecified atom stereocenters. The van der Waals surface area contributed by atoms with Crippen LogP contribution in [-0.4, -0.2) is 24.3 Å². The predicted molar refractivity (Wildman–Crippen MR) is 84.6 cm³/mol. The van der Waals surface area contributed by atoms with Crippen molar-refractivity contribution in [3.05, 3.63) is 48.7 Å². The number of halogens is 1. The average Bonchev–Trinajstić information content (AvgIpc) is 3.09. The van der Waals surface area contributed by atoms with Crippen LogP contribution in [0.25, 0.3) is 27.8 Å². The van der Waals surface area contributed by atoms with Gasteiger partial charge in [0.1, 0.15) is 17.1 Å². The summed E-state index contributed by atoms with van der Waals surface area (Å²) >= 11 is 0. The molecule has 5 nitrogen and oxygen atoms in total. The first-order valence-electron chi connectivity index (χ1n) is 7.76. The minimum Gasteiger partial charge on any atom is -0.345 e. The monoisotopic (exact) mass is 307 g/mol.